The Labute approximate surface area is 124 Å². The lowest BCUT2D eigenvalue weighted by atomic mass is 10.1. The van der Waals surface area contributed by atoms with Crippen molar-refractivity contribution in [1.82, 2.24) is 0 Å². The Balaban J connectivity index is 2.95. The third-order valence-electron chi connectivity index (χ3n) is 2.58. The Morgan fingerprint density at radius 3 is 2.32 bits per heavy atom. The van der Waals surface area contributed by atoms with Crippen LogP contribution in [-0.4, -0.2) is 13.2 Å². The molecule has 3 heteroatoms. The van der Waals surface area contributed by atoms with Gasteiger partial charge in [-0.2, -0.15) is 0 Å². The maximum atomic E-state index is 5.79. The number of ether oxygens (including phenoxy) is 2. The van der Waals surface area contributed by atoms with Crippen LogP contribution < -0.4 is 9.47 Å². The van der Waals surface area contributed by atoms with E-state index in [1.165, 1.54) is 0 Å². The normalized spacial score (nSPS) is 10.0. The minimum Gasteiger partial charge on any atom is -0.493 e. The van der Waals surface area contributed by atoms with E-state index in [9.17, 15) is 0 Å². The fraction of sp³-hybridized carbons (Fsp3) is 0.500. The molecule has 0 spiro atoms. The minimum atomic E-state index is 0.704. The molecule has 0 aliphatic rings. The Kier molecular flexibility index (Phi) is 7.43. The van der Waals surface area contributed by atoms with Gasteiger partial charge < -0.3 is 9.47 Å². The summed E-state index contributed by atoms with van der Waals surface area (Å²) < 4.78 is 12.4. The van der Waals surface area contributed by atoms with Gasteiger partial charge in [0.05, 0.1) is 17.7 Å². The number of benzene rings is 1. The molecule has 0 saturated heterocycles. The van der Waals surface area contributed by atoms with Crippen LogP contribution in [0.2, 0.25) is 0 Å². The zero-order valence-electron chi connectivity index (χ0n) is 11.7. The van der Waals surface area contributed by atoms with Crippen molar-refractivity contribution in [3.05, 3.63) is 22.2 Å². The quantitative estimate of drug-likeness (QED) is 0.651. The lowest BCUT2D eigenvalue weighted by Crippen LogP contribution is -2.02. The van der Waals surface area contributed by atoms with Gasteiger partial charge in [0.15, 0.2) is 0 Å². The van der Waals surface area contributed by atoms with Crippen molar-refractivity contribution >= 4 is 15.9 Å². The summed E-state index contributed by atoms with van der Waals surface area (Å²) in [6.45, 7) is 5.59. The van der Waals surface area contributed by atoms with Crippen molar-refractivity contribution in [2.24, 2.45) is 0 Å². The summed E-state index contributed by atoms with van der Waals surface area (Å²) in [5.41, 5.74) is 1.13. The van der Waals surface area contributed by atoms with Gasteiger partial charge in [0, 0.05) is 12.5 Å². The van der Waals surface area contributed by atoms with E-state index in [1.54, 1.807) is 0 Å². The summed E-state index contributed by atoms with van der Waals surface area (Å²) in [5.74, 6) is 4.38. The van der Waals surface area contributed by atoms with Crippen molar-refractivity contribution in [1.29, 1.82) is 0 Å². The Bertz CT molecular complexity index is 435. The number of terminal acetylenes is 1. The molecular formula is C16H21BrO2. The predicted molar refractivity (Wildman–Crippen MR) is 82.9 cm³/mol. The number of hydrogen-bond donors (Lipinski definition) is 0. The molecule has 0 radical (unpaired) electrons. The highest BCUT2D eigenvalue weighted by molar-refractivity contribution is 9.10. The van der Waals surface area contributed by atoms with Crippen LogP contribution in [0.25, 0.3) is 0 Å². The monoisotopic (exact) mass is 324 g/mol. The molecule has 0 saturated carbocycles. The molecule has 0 atom stereocenters. The summed E-state index contributed by atoms with van der Waals surface area (Å²) in [5, 5.41) is 0. The molecule has 0 aliphatic carbocycles. The lowest BCUT2D eigenvalue weighted by molar-refractivity contribution is 0.298. The maximum absolute atomic E-state index is 5.79. The highest BCUT2D eigenvalue weighted by Gasteiger charge is 2.10. The van der Waals surface area contributed by atoms with Gasteiger partial charge in [-0.3, -0.25) is 0 Å². The minimum absolute atomic E-state index is 0.704. The molecular weight excluding hydrogens is 304 g/mol. The van der Waals surface area contributed by atoms with Crippen LogP contribution >= 0.6 is 15.9 Å². The van der Waals surface area contributed by atoms with E-state index in [2.05, 4.69) is 35.7 Å². The second-order valence-electron chi connectivity index (χ2n) is 4.29. The summed E-state index contributed by atoms with van der Waals surface area (Å²) >= 11 is 3.54. The van der Waals surface area contributed by atoms with Gasteiger partial charge >= 0.3 is 0 Å². The molecule has 1 rings (SSSR count). The third kappa shape index (κ3) is 5.16. The van der Waals surface area contributed by atoms with Gasteiger partial charge in [-0.15, -0.1) is 12.3 Å². The average Bonchev–Trinajstić information content (AvgIpc) is 2.42. The fourth-order valence-corrected chi connectivity index (χ4v) is 2.15. The van der Waals surface area contributed by atoms with E-state index in [0.717, 1.165) is 40.8 Å². The van der Waals surface area contributed by atoms with Gasteiger partial charge in [0.25, 0.3) is 0 Å². The van der Waals surface area contributed by atoms with Crippen molar-refractivity contribution in [2.75, 3.05) is 13.2 Å². The molecule has 2 nitrogen and oxygen atoms in total. The van der Waals surface area contributed by atoms with E-state index in [0.29, 0.717) is 19.6 Å². The molecule has 0 heterocycles. The SMILES string of the molecule is C#CCCc1cc(Br)c(OCCC)cc1OCCC. The van der Waals surface area contributed by atoms with E-state index in [-0.39, 0.29) is 0 Å². The summed E-state index contributed by atoms with van der Waals surface area (Å²) in [4.78, 5) is 0. The first kappa shape index (κ1) is 15.9. The summed E-state index contributed by atoms with van der Waals surface area (Å²) in [6, 6.07) is 4.01. The lowest BCUT2D eigenvalue weighted by Gasteiger charge is -2.14. The Morgan fingerprint density at radius 2 is 1.74 bits per heavy atom. The molecule has 104 valence electrons. The van der Waals surface area contributed by atoms with Crippen molar-refractivity contribution in [2.45, 2.75) is 39.5 Å². The smallest absolute Gasteiger partial charge is 0.137 e. The number of hydrogen-bond acceptors (Lipinski definition) is 2. The largest absolute Gasteiger partial charge is 0.493 e. The van der Waals surface area contributed by atoms with Crippen LogP contribution in [-0.2, 0) is 6.42 Å². The molecule has 0 N–H and O–H groups in total. The van der Waals surface area contributed by atoms with E-state index >= 15 is 0 Å². The third-order valence-corrected chi connectivity index (χ3v) is 3.20. The van der Waals surface area contributed by atoms with Gasteiger partial charge in [-0.05, 0) is 46.8 Å². The molecule has 19 heavy (non-hydrogen) atoms. The van der Waals surface area contributed by atoms with E-state index < -0.39 is 0 Å². The van der Waals surface area contributed by atoms with Crippen molar-refractivity contribution < 1.29 is 9.47 Å². The van der Waals surface area contributed by atoms with Crippen LogP contribution in [0.15, 0.2) is 16.6 Å². The molecule has 0 bridgehead atoms. The van der Waals surface area contributed by atoms with Crippen LogP contribution in [0.1, 0.15) is 38.7 Å². The van der Waals surface area contributed by atoms with Crippen LogP contribution in [0.4, 0.5) is 0 Å². The standard InChI is InChI=1S/C16H21BrO2/c1-4-7-8-13-11-14(17)16(19-10-6-3)12-15(13)18-9-5-2/h1,11-12H,5-10H2,2-3H3. The molecule has 0 fully saturated rings. The van der Waals surface area contributed by atoms with Gasteiger partial charge in [-0.25, -0.2) is 0 Å². The zero-order valence-corrected chi connectivity index (χ0v) is 13.3. The first-order chi connectivity index (χ1) is 9.22. The highest BCUT2D eigenvalue weighted by atomic mass is 79.9. The molecule has 1 aromatic rings. The van der Waals surface area contributed by atoms with E-state index in [4.69, 9.17) is 15.9 Å². The maximum Gasteiger partial charge on any atom is 0.137 e. The number of aryl methyl sites for hydroxylation is 1. The molecule has 1 aromatic carbocycles. The van der Waals surface area contributed by atoms with E-state index in [1.807, 2.05) is 12.1 Å². The van der Waals surface area contributed by atoms with Gasteiger partial charge in [0.2, 0.25) is 0 Å². The summed E-state index contributed by atoms with van der Waals surface area (Å²) in [6.07, 6.45) is 8.83. The predicted octanol–water partition coefficient (Wildman–Crippen LogP) is 4.59. The molecule has 0 aliphatic heterocycles. The highest BCUT2D eigenvalue weighted by Crippen LogP contribution is 2.34. The Hall–Kier alpha value is -1.14. The number of halogens is 1. The van der Waals surface area contributed by atoms with Gasteiger partial charge in [-0.1, -0.05) is 13.8 Å². The first-order valence-corrected chi connectivity index (χ1v) is 7.53. The zero-order chi connectivity index (χ0) is 14.1. The van der Waals surface area contributed by atoms with Gasteiger partial charge in [0.1, 0.15) is 11.5 Å². The van der Waals surface area contributed by atoms with Crippen molar-refractivity contribution in [3.63, 3.8) is 0 Å². The molecule has 0 unspecified atom stereocenters. The second kappa shape index (κ2) is 8.87. The molecule has 0 amide bonds. The molecule has 0 aromatic heterocycles. The van der Waals surface area contributed by atoms with Crippen molar-refractivity contribution in [3.8, 4) is 23.8 Å². The number of rotatable bonds is 8. The summed E-state index contributed by atoms with van der Waals surface area (Å²) in [7, 11) is 0. The van der Waals surface area contributed by atoms with Crippen LogP contribution in [0.3, 0.4) is 0 Å². The Morgan fingerprint density at radius 1 is 1.11 bits per heavy atom. The first-order valence-electron chi connectivity index (χ1n) is 6.74. The fourth-order valence-electron chi connectivity index (χ4n) is 1.65. The van der Waals surface area contributed by atoms with Crippen LogP contribution in [0, 0.1) is 12.3 Å². The average molecular weight is 325 g/mol. The van der Waals surface area contributed by atoms with Crippen LogP contribution in [0.5, 0.6) is 11.5 Å². The topological polar surface area (TPSA) is 18.5 Å². The second-order valence-corrected chi connectivity index (χ2v) is 5.15.